The van der Waals surface area contributed by atoms with Crippen LogP contribution in [0.3, 0.4) is 0 Å². The standard InChI is InChI=1S/C18H25NO5/c1-5-23-16(21)9-7-6-8-13-12-14(10-11-15(13)20)19-17(22)24-18(2,3)4/h7,9-12,20H,5-6,8H2,1-4H3,(H,19,22)/b9-7+. The first kappa shape index (κ1) is 19.5. The summed E-state index contributed by atoms with van der Waals surface area (Å²) in [6.07, 6.45) is 3.57. The maximum atomic E-state index is 11.8. The van der Waals surface area contributed by atoms with Gasteiger partial charge in [-0.3, -0.25) is 5.32 Å². The van der Waals surface area contributed by atoms with E-state index in [1.807, 2.05) is 0 Å². The second kappa shape index (κ2) is 8.96. The molecule has 0 unspecified atom stereocenters. The Hall–Kier alpha value is -2.50. The summed E-state index contributed by atoms with van der Waals surface area (Å²) in [4.78, 5) is 23.0. The minimum Gasteiger partial charge on any atom is -0.508 e. The third kappa shape index (κ3) is 7.67. The van der Waals surface area contributed by atoms with Crippen molar-refractivity contribution in [3.8, 4) is 5.75 Å². The average molecular weight is 335 g/mol. The molecule has 2 N–H and O–H groups in total. The molecular formula is C18H25NO5. The lowest BCUT2D eigenvalue weighted by Gasteiger charge is -2.19. The zero-order chi connectivity index (χ0) is 18.2. The van der Waals surface area contributed by atoms with Gasteiger partial charge in [-0.25, -0.2) is 9.59 Å². The molecule has 132 valence electrons. The summed E-state index contributed by atoms with van der Waals surface area (Å²) in [6, 6.07) is 4.78. The summed E-state index contributed by atoms with van der Waals surface area (Å²) >= 11 is 0. The fraction of sp³-hybridized carbons (Fsp3) is 0.444. The molecule has 0 aliphatic rings. The Kier molecular flexibility index (Phi) is 7.30. The van der Waals surface area contributed by atoms with Crippen molar-refractivity contribution >= 4 is 17.7 Å². The first-order valence-electron chi connectivity index (χ1n) is 7.86. The number of hydrogen-bond acceptors (Lipinski definition) is 5. The number of phenolic OH excluding ortho intramolecular Hbond substituents is 1. The number of aromatic hydroxyl groups is 1. The largest absolute Gasteiger partial charge is 0.508 e. The number of aryl methyl sites for hydroxylation is 1. The molecule has 1 amide bonds. The van der Waals surface area contributed by atoms with Crippen molar-refractivity contribution in [2.24, 2.45) is 0 Å². The predicted molar refractivity (Wildman–Crippen MR) is 92.1 cm³/mol. The first-order chi connectivity index (χ1) is 11.2. The number of carbonyl (C=O) groups is 2. The van der Waals surface area contributed by atoms with E-state index in [2.05, 4.69) is 5.32 Å². The van der Waals surface area contributed by atoms with Crippen LogP contribution >= 0.6 is 0 Å². The van der Waals surface area contributed by atoms with Gasteiger partial charge in [-0.05, 0) is 64.3 Å². The molecule has 0 radical (unpaired) electrons. The van der Waals surface area contributed by atoms with Crippen LogP contribution in [0, 0.1) is 0 Å². The van der Waals surface area contributed by atoms with Gasteiger partial charge in [0, 0.05) is 11.8 Å². The highest BCUT2D eigenvalue weighted by Crippen LogP contribution is 2.23. The van der Waals surface area contributed by atoms with Crippen LogP contribution in [-0.4, -0.2) is 29.4 Å². The maximum absolute atomic E-state index is 11.8. The lowest BCUT2D eigenvalue weighted by atomic mass is 10.1. The highest BCUT2D eigenvalue weighted by molar-refractivity contribution is 5.85. The van der Waals surface area contributed by atoms with E-state index in [9.17, 15) is 14.7 Å². The zero-order valence-corrected chi connectivity index (χ0v) is 14.6. The smallest absolute Gasteiger partial charge is 0.412 e. The molecule has 0 heterocycles. The molecule has 1 aromatic rings. The molecule has 0 bridgehead atoms. The Bertz CT molecular complexity index is 602. The highest BCUT2D eigenvalue weighted by Gasteiger charge is 2.16. The number of amides is 1. The van der Waals surface area contributed by atoms with E-state index in [1.165, 1.54) is 12.1 Å². The zero-order valence-electron chi connectivity index (χ0n) is 14.6. The van der Waals surface area contributed by atoms with Crippen molar-refractivity contribution in [1.82, 2.24) is 0 Å². The minimum atomic E-state index is -0.582. The van der Waals surface area contributed by atoms with E-state index in [0.29, 0.717) is 30.7 Å². The van der Waals surface area contributed by atoms with Gasteiger partial charge in [-0.15, -0.1) is 0 Å². The Morgan fingerprint density at radius 3 is 2.62 bits per heavy atom. The van der Waals surface area contributed by atoms with Gasteiger partial charge in [-0.2, -0.15) is 0 Å². The number of allylic oxidation sites excluding steroid dienone is 1. The van der Waals surface area contributed by atoms with Crippen molar-refractivity contribution in [2.45, 2.75) is 46.1 Å². The van der Waals surface area contributed by atoms with Crippen molar-refractivity contribution in [3.63, 3.8) is 0 Å². The van der Waals surface area contributed by atoms with Gasteiger partial charge < -0.3 is 14.6 Å². The van der Waals surface area contributed by atoms with E-state index in [1.54, 1.807) is 45.9 Å². The predicted octanol–water partition coefficient (Wildman–Crippen LogP) is 3.79. The Balaban J connectivity index is 2.63. The third-order valence-electron chi connectivity index (χ3n) is 2.85. The third-order valence-corrected chi connectivity index (χ3v) is 2.85. The second-order valence-corrected chi connectivity index (χ2v) is 6.16. The molecule has 0 saturated carbocycles. The van der Waals surface area contributed by atoms with E-state index in [0.717, 1.165) is 0 Å². The first-order valence-corrected chi connectivity index (χ1v) is 7.86. The Morgan fingerprint density at radius 2 is 2.00 bits per heavy atom. The van der Waals surface area contributed by atoms with Gasteiger partial charge in [0.05, 0.1) is 6.61 Å². The minimum absolute atomic E-state index is 0.134. The molecule has 1 rings (SSSR count). The number of phenols is 1. The fourth-order valence-electron chi connectivity index (χ4n) is 1.89. The number of benzene rings is 1. The van der Waals surface area contributed by atoms with Gasteiger partial charge in [0.1, 0.15) is 11.4 Å². The summed E-state index contributed by atoms with van der Waals surface area (Å²) in [7, 11) is 0. The van der Waals surface area contributed by atoms with Crippen LogP contribution in [0.5, 0.6) is 5.75 Å². The summed E-state index contributed by atoms with van der Waals surface area (Å²) < 4.78 is 9.97. The number of nitrogens with one attached hydrogen (secondary N) is 1. The molecule has 0 fully saturated rings. The molecule has 6 heteroatoms. The quantitative estimate of drug-likeness (QED) is 0.469. The number of ether oxygens (including phenoxy) is 2. The average Bonchev–Trinajstić information content (AvgIpc) is 2.45. The topological polar surface area (TPSA) is 84.9 Å². The van der Waals surface area contributed by atoms with Gasteiger partial charge in [-0.1, -0.05) is 6.08 Å². The summed E-state index contributed by atoms with van der Waals surface area (Å²) in [5.41, 5.74) is 0.616. The van der Waals surface area contributed by atoms with Crippen molar-refractivity contribution < 1.29 is 24.2 Å². The molecule has 0 aromatic heterocycles. The summed E-state index contributed by atoms with van der Waals surface area (Å²) in [5.74, 6) is -0.253. The lowest BCUT2D eigenvalue weighted by molar-refractivity contribution is -0.137. The number of hydrogen-bond donors (Lipinski definition) is 2. The Morgan fingerprint density at radius 1 is 1.29 bits per heavy atom. The van der Waals surface area contributed by atoms with Crippen LogP contribution in [0.2, 0.25) is 0 Å². The van der Waals surface area contributed by atoms with Gasteiger partial charge in [0.25, 0.3) is 0 Å². The normalized spacial score (nSPS) is 11.3. The van der Waals surface area contributed by atoms with E-state index >= 15 is 0 Å². The molecular weight excluding hydrogens is 310 g/mol. The number of esters is 1. The highest BCUT2D eigenvalue weighted by atomic mass is 16.6. The monoisotopic (exact) mass is 335 g/mol. The number of rotatable bonds is 6. The van der Waals surface area contributed by atoms with Gasteiger partial charge in [0.15, 0.2) is 0 Å². The van der Waals surface area contributed by atoms with Crippen molar-refractivity contribution in [3.05, 3.63) is 35.9 Å². The molecule has 6 nitrogen and oxygen atoms in total. The van der Waals surface area contributed by atoms with E-state index < -0.39 is 11.7 Å². The van der Waals surface area contributed by atoms with Crippen LogP contribution < -0.4 is 5.32 Å². The van der Waals surface area contributed by atoms with Crippen molar-refractivity contribution in [1.29, 1.82) is 0 Å². The molecule has 24 heavy (non-hydrogen) atoms. The fourth-order valence-corrected chi connectivity index (χ4v) is 1.89. The summed E-state index contributed by atoms with van der Waals surface area (Å²) in [6.45, 7) is 7.43. The molecule has 0 saturated heterocycles. The Labute approximate surface area is 142 Å². The number of anilines is 1. The van der Waals surface area contributed by atoms with Gasteiger partial charge in [0.2, 0.25) is 0 Å². The molecule has 0 atom stereocenters. The molecule has 0 aliphatic carbocycles. The summed E-state index contributed by atoms with van der Waals surface area (Å²) in [5, 5.41) is 12.5. The maximum Gasteiger partial charge on any atom is 0.412 e. The van der Waals surface area contributed by atoms with Crippen LogP contribution in [0.15, 0.2) is 30.4 Å². The van der Waals surface area contributed by atoms with Crippen LogP contribution in [0.1, 0.15) is 39.7 Å². The molecule has 0 aliphatic heterocycles. The molecule has 0 spiro atoms. The second-order valence-electron chi connectivity index (χ2n) is 6.16. The van der Waals surface area contributed by atoms with Crippen LogP contribution in [-0.2, 0) is 20.7 Å². The SMILES string of the molecule is CCOC(=O)/C=C/CCc1cc(NC(=O)OC(C)(C)C)ccc1O. The van der Waals surface area contributed by atoms with Crippen LogP contribution in [0.4, 0.5) is 10.5 Å². The van der Waals surface area contributed by atoms with Gasteiger partial charge >= 0.3 is 12.1 Å². The van der Waals surface area contributed by atoms with Crippen molar-refractivity contribution in [2.75, 3.05) is 11.9 Å². The lowest BCUT2D eigenvalue weighted by Crippen LogP contribution is -2.27. The molecule has 1 aromatic carbocycles. The van der Waals surface area contributed by atoms with E-state index in [-0.39, 0.29) is 11.7 Å². The van der Waals surface area contributed by atoms with Crippen LogP contribution in [0.25, 0.3) is 0 Å². The number of carbonyl (C=O) groups excluding carboxylic acids is 2. The van der Waals surface area contributed by atoms with E-state index in [4.69, 9.17) is 9.47 Å².